The number of ether oxygens (including phenoxy) is 2. The van der Waals surface area contributed by atoms with E-state index in [0.717, 1.165) is 92.1 Å². The van der Waals surface area contributed by atoms with Gasteiger partial charge in [-0.1, -0.05) is 48.5 Å². The van der Waals surface area contributed by atoms with Crippen LogP contribution in [0.2, 0.25) is 0 Å². The maximum Gasteiger partial charge on any atom is 0.129 e. The van der Waals surface area contributed by atoms with Gasteiger partial charge in [-0.2, -0.15) is 0 Å². The van der Waals surface area contributed by atoms with Crippen LogP contribution in [0.3, 0.4) is 0 Å². The van der Waals surface area contributed by atoms with Gasteiger partial charge in [0.2, 0.25) is 0 Å². The Morgan fingerprint density at radius 3 is 1.03 bits per heavy atom. The van der Waals surface area contributed by atoms with E-state index >= 15 is 0 Å². The van der Waals surface area contributed by atoms with Crippen LogP contribution in [-0.2, 0) is 0 Å². The first-order valence-corrected chi connectivity index (χ1v) is 25.6. The summed E-state index contributed by atoms with van der Waals surface area (Å²) in [7, 11) is 10.4. The molecule has 76 heavy (non-hydrogen) atoms. The van der Waals surface area contributed by atoms with Gasteiger partial charge in [-0.3, -0.25) is 0 Å². The molecule has 0 unspecified atom stereocenters. The molecule has 4 aliphatic rings. The van der Waals surface area contributed by atoms with Gasteiger partial charge in [-0.25, -0.2) is 0 Å². The number of fused-ring (bicyclic) bond motifs is 4. The van der Waals surface area contributed by atoms with Crippen LogP contribution >= 0.6 is 0 Å². The molecule has 0 fully saturated rings. The van der Waals surface area contributed by atoms with E-state index in [4.69, 9.17) is 13.6 Å². The maximum absolute atomic E-state index is 8.19. The Balaban J connectivity index is 0.753. The third kappa shape index (κ3) is 8.37. The van der Waals surface area contributed by atoms with Crippen LogP contribution in [0.1, 0.15) is 4.11 Å². The highest BCUT2D eigenvalue weighted by Crippen LogP contribution is 2.50. The van der Waals surface area contributed by atoms with Crippen LogP contribution in [0, 0.1) is 0 Å². The minimum atomic E-state index is -2.28. The third-order valence-electron chi connectivity index (χ3n) is 14.8. The average molecular weight is 1000 g/mol. The van der Waals surface area contributed by atoms with Crippen molar-refractivity contribution in [3.05, 3.63) is 206 Å². The van der Waals surface area contributed by atoms with Gasteiger partial charge in [0.05, 0.1) is 58.8 Å². The van der Waals surface area contributed by atoms with Gasteiger partial charge < -0.3 is 58.5 Å². The summed E-state index contributed by atoms with van der Waals surface area (Å²) in [6.45, 7) is -0.112. The number of para-hydroxylation sites is 4. The van der Waals surface area contributed by atoms with Crippen molar-refractivity contribution >= 4 is 91.0 Å². The fourth-order valence-electron chi connectivity index (χ4n) is 10.9. The lowest BCUT2D eigenvalue weighted by Crippen LogP contribution is -2.25. The Kier molecular flexibility index (Phi) is 10.6. The SMILES string of the molecule is [2H]C([2H])([2H])N1CN(c2cccc(Oc3cccc(N4CN(c5ccc(N6CN(c7cccc(Oc8cccc(N9CN(C)c%10ccccc%109)c8)c7)c7ccc(N(C)C)cc76)cc5)c5cc(N(C)C)ccc54)c3)c2)c2ccccc21. The van der Waals surface area contributed by atoms with Crippen LogP contribution in [0.4, 0.5) is 91.0 Å². The van der Waals surface area contributed by atoms with Crippen molar-refractivity contribution < 1.29 is 13.6 Å². The Hall–Kier alpha value is -9.42. The van der Waals surface area contributed by atoms with Gasteiger partial charge in [0.25, 0.3) is 0 Å². The van der Waals surface area contributed by atoms with Gasteiger partial charge in [0, 0.05) is 116 Å². The molecule has 13 rings (SSSR count). The summed E-state index contributed by atoms with van der Waals surface area (Å²) in [5.41, 5.74) is 16.7. The highest BCUT2D eigenvalue weighted by Gasteiger charge is 2.32. The van der Waals surface area contributed by atoms with E-state index in [1.165, 1.54) is 16.3 Å². The van der Waals surface area contributed by atoms with Gasteiger partial charge in [0.15, 0.2) is 0 Å². The van der Waals surface area contributed by atoms with Crippen molar-refractivity contribution in [3.63, 3.8) is 0 Å². The fourth-order valence-corrected chi connectivity index (χ4v) is 10.9. The lowest BCUT2D eigenvalue weighted by Gasteiger charge is -2.25. The van der Waals surface area contributed by atoms with E-state index in [1.54, 1.807) is 0 Å². The molecular weight excluding hydrogens is 941 g/mol. The van der Waals surface area contributed by atoms with Crippen molar-refractivity contribution in [3.8, 4) is 23.0 Å². The predicted molar refractivity (Wildman–Crippen MR) is 316 cm³/mol. The average Bonchev–Trinajstić information content (AvgIpc) is 4.35. The van der Waals surface area contributed by atoms with Gasteiger partial charge >= 0.3 is 0 Å². The molecule has 0 aliphatic carbocycles. The molecule has 0 atom stereocenters. The normalized spacial score (nSPS) is 15.0. The quantitative estimate of drug-likeness (QED) is 0.117. The molecule has 0 bridgehead atoms. The van der Waals surface area contributed by atoms with Crippen LogP contribution in [0.25, 0.3) is 0 Å². The predicted octanol–water partition coefficient (Wildman–Crippen LogP) is 15.0. The van der Waals surface area contributed by atoms with Crippen LogP contribution in [-0.4, -0.2) is 68.9 Å². The Morgan fingerprint density at radius 2 is 0.645 bits per heavy atom. The molecule has 0 saturated carbocycles. The topological polar surface area (TPSA) is 50.9 Å². The molecule has 0 saturated heterocycles. The minimum Gasteiger partial charge on any atom is -0.457 e. The Bertz CT molecular complexity index is 3760. The second-order valence-electron chi connectivity index (χ2n) is 20.1. The van der Waals surface area contributed by atoms with E-state index in [0.29, 0.717) is 30.5 Å². The first-order chi connectivity index (χ1) is 38.3. The Morgan fingerprint density at radius 1 is 0.316 bits per heavy atom. The number of hydrogen-bond acceptors (Lipinski definition) is 12. The van der Waals surface area contributed by atoms with E-state index in [1.807, 2.05) is 77.7 Å². The number of rotatable bonds is 12. The number of hydrogen-bond donors (Lipinski definition) is 0. The minimum absolute atomic E-state index is 0.206. The van der Waals surface area contributed by atoms with Crippen LogP contribution in [0.5, 0.6) is 23.0 Å². The summed E-state index contributed by atoms with van der Waals surface area (Å²) >= 11 is 0. The summed E-state index contributed by atoms with van der Waals surface area (Å²) in [5.74, 6) is 2.88. The number of benzene rings is 9. The van der Waals surface area contributed by atoms with Crippen molar-refractivity contribution in [1.82, 2.24) is 0 Å². The van der Waals surface area contributed by atoms with Gasteiger partial charge in [-0.15, -0.1) is 0 Å². The lowest BCUT2D eigenvalue weighted by molar-refractivity contribution is 0.482. The van der Waals surface area contributed by atoms with Crippen molar-refractivity contribution in [2.75, 3.05) is 118 Å². The molecule has 12 heteroatoms. The van der Waals surface area contributed by atoms with Crippen LogP contribution in [0.15, 0.2) is 206 Å². The molecule has 4 aliphatic heterocycles. The monoisotopic (exact) mass is 1000 g/mol. The summed E-state index contributed by atoms with van der Waals surface area (Å²) in [6.07, 6.45) is 0. The molecule has 9 aromatic carbocycles. The molecule has 9 aromatic rings. The van der Waals surface area contributed by atoms with Crippen molar-refractivity contribution in [2.45, 2.75) is 0 Å². The molecule has 0 spiro atoms. The van der Waals surface area contributed by atoms with E-state index < -0.39 is 6.98 Å². The second-order valence-corrected chi connectivity index (χ2v) is 20.1. The molecule has 0 N–H and O–H groups in total. The molecule has 0 amide bonds. The van der Waals surface area contributed by atoms with Gasteiger partial charge in [-0.05, 0) is 133 Å². The largest absolute Gasteiger partial charge is 0.457 e. The zero-order valence-electron chi connectivity index (χ0n) is 46.2. The fraction of sp³-hybridized carbons (Fsp3) is 0.156. The summed E-state index contributed by atoms with van der Waals surface area (Å²) < 4.78 is 37.8. The zero-order chi connectivity index (χ0) is 54.1. The number of nitrogens with zero attached hydrogens (tertiary/aromatic N) is 10. The summed E-state index contributed by atoms with van der Waals surface area (Å²) in [4.78, 5) is 21.8. The summed E-state index contributed by atoms with van der Waals surface area (Å²) in [6, 6.07) is 71.1. The van der Waals surface area contributed by atoms with E-state index in [9.17, 15) is 0 Å². The smallest absolute Gasteiger partial charge is 0.129 e. The Labute approximate surface area is 450 Å². The highest BCUT2D eigenvalue weighted by atomic mass is 16.5. The molecule has 0 radical (unpaired) electrons. The molecule has 12 nitrogen and oxygen atoms in total. The van der Waals surface area contributed by atoms with E-state index in [-0.39, 0.29) is 6.67 Å². The first-order valence-electron chi connectivity index (χ1n) is 27.1. The standard InChI is InChI=1S/C64H60N10O2/c1-65(2)47-31-33-61-63(39-47)71(43-73(61)51-17-13-21-55(37-51)75-53-19-11-15-49(35-53)69-41-67(5)57-23-7-9-25-59(57)69)45-27-29-46(30-28-45)72-44-74(62-34-32-48(66(3)4)40-64(62)72)52-18-14-22-56(38-52)76-54-20-12-16-50(36-54)70-42-68(6)58-24-8-10-26-60(58)70/h7-40H,41-44H2,1-6H3/i5D3. The molecule has 4 heterocycles. The maximum atomic E-state index is 8.19. The zero-order valence-corrected chi connectivity index (χ0v) is 43.2. The van der Waals surface area contributed by atoms with Gasteiger partial charge in [0.1, 0.15) is 36.3 Å². The van der Waals surface area contributed by atoms with Crippen molar-refractivity contribution in [2.24, 2.45) is 0 Å². The summed E-state index contributed by atoms with van der Waals surface area (Å²) in [5, 5.41) is 0. The van der Waals surface area contributed by atoms with Crippen molar-refractivity contribution in [1.29, 1.82) is 0 Å². The lowest BCUT2D eigenvalue weighted by atomic mass is 10.1. The molecule has 0 aromatic heterocycles. The molecular formula is C64H60N10O2. The molecule has 378 valence electrons. The van der Waals surface area contributed by atoms with E-state index in [2.05, 4.69) is 208 Å². The first kappa shape index (κ1) is 43.0. The third-order valence-corrected chi connectivity index (χ3v) is 14.8. The highest BCUT2D eigenvalue weighted by molar-refractivity contribution is 5.92. The van der Waals surface area contributed by atoms with Crippen LogP contribution < -0.4 is 58.5 Å². The second kappa shape index (κ2) is 18.8. The number of anilines is 16.